The molecule has 0 aromatic heterocycles. The molecule has 0 N–H and O–H groups in total. The number of ether oxygens (including phenoxy) is 1. The van der Waals surface area contributed by atoms with Gasteiger partial charge in [0.15, 0.2) is 0 Å². The maximum atomic E-state index is 5.78. The van der Waals surface area contributed by atoms with Crippen LogP contribution >= 0.6 is 0 Å². The number of hydrogen-bond acceptors (Lipinski definition) is 1. The SMILES string of the molecule is Cc1ccc(-c2ccc(OCC(C)(C)C)cc2)cc1. The lowest BCUT2D eigenvalue weighted by atomic mass is 9.99. The molecule has 0 saturated heterocycles. The summed E-state index contributed by atoms with van der Waals surface area (Å²) in [5.74, 6) is 0.936. The zero-order valence-electron chi connectivity index (χ0n) is 12.2. The Balaban J connectivity index is 2.08. The van der Waals surface area contributed by atoms with Crippen LogP contribution in [0.1, 0.15) is 26.3 Å². The third kappa shape index (κ3) is 4.13. The molecule has 19 heavy (non-hydrogen) atoms. The fourth-order valence-corrected chi connectivity index (χ4v) is 1.79. The summed E-state index contributed by atoms with van der Waals surface area (Å²) in [6.45, 7) is 9.36. The predicted molar refractivity (Wildman–Crippen MR) is 81.6 cm³/mol. The summed E-state index contributed by atoms with van der Waals surface area (Å²) < 4.78 is 5.78. The zero-order valence-corrected chi connectivity index (χ0v) is 12.2. The van der Waals surface area contributed by atoms with Crippen LogP contribution in [0.5, 0.6) is 5.75 Å². The van der Waals surface area contributed by atoms with E-state index in [4.69, 9.17) is 4.74 Å². The van der Waals surface area contributed by atoms with E-state index < -0.39 is 0 Å². The molecule has 0 unspecified atom stereocenters. The molecule has 0 spiro atoms. The minimum Gasteiger partial charge on any atom is -0.493 e. The first kappa shape index (κ1) is 13.7. The van der Waals surface area contributed by atoms with Crippen molar-refractivity contribution in [3.05, 3.63) is 54.1 Å². The van der Waals surface area contributed by atoms with Crippen LogP contribution in [0.3, 0.4) is 0 Å². The van der Waals surface area contributed by atoms with Crippen molar-refractivity contribution >= 4 is 0 Å². The molecule has 0 saturated carbocycles. The first-order valence-electron chi connectivity index (χ1n) is 6.74. The van der Waals surface area contributed by atoms with Crippen LogP contribution in [0.15, 0.2) is 48.5 Å². The normalized spacial score (nSPS) is 11.4. The smallest absolute Gasteiger partial charge is 0.119 e. The Hall–Kier alpha value is -1.76. The van der Waals surface area contributed by atoms with Crippen molar-refractivity contribution in [1.82, 2.24) is 0 Å². The molecule has 0 heterocycles. The van der Waals surface area contributed by atoms with Crippen LogP contribution < -0.4 is 4.74 Å². The lowest BCUT2D eigenvalue weighted by Crippen LogP contribution is -2.16. The zero-order chi connectivity index (χ0) is 13.9. The second-order valence-corrected chi connectivity index (χ2v) is 6.24. The lowest BCUT2D eigenvalue weighted by molar-refractivity contribution is 0.198. The third-order valence-corrected chi connectivity index (χ3v) is 2.91. The molecule has 2 rings (SSSR count). The second-order valence-electron chi connectivity index (χ2n) is 6.24. The Morgan fingerprint density at radius 3 is 1.74 bits per heavy atom. The van der Waals surface area contributed by atoms with E-state index in [-0.39, 0.29) is 5.41 Å². The monoisotopic (exact) mass is 254 g/mol. The third-order valence-electron chi connectivity index (χ3n) is 2.91. The molecule has 1 heteroatoms. The van der Waals surface area contributed by atoms with Crippen LogP contribution in [0, 0.1) is 12.3 Å². The average molecular weight is 254 g/mol. The standard InChI is InChI=1S/C18H22O/c1-14-5-7-15(8-6-14)16-9-11-17(12-10-16)19-13-18(2,3)4/h5-12H,13H2,1-4H3. The number of rotatable bonds is 3. The van der Waals surface area contributed by atoms with E-state index in [0.717, 1.165) is 12.4 Å². The van der Waals surface area contributed by atoms with E-state index in [9.17, 15) is 0 Å². The van der Waals surface area contributed by atoms with Crippen LogP contribution in [0.4, 0.5) is 0 Å². The van der Waals surface area contributed by atoms with Crippen molar-refractivity contribution in [2.24, 2.45) is 5.41 Å². The van der Waals surface area contributed by atoms with Gasteiger partial charge in [0, 0.05) is 0 Å². The molecule has 2 aromatic rings. The molecule has 0 amide bonds. The van der Waals surface area contributed by atoms with Crippen molar-refractivity contribution < 1.29 is 4.74 Å². The van der Waals surface area contributed by atoms with Crippen LogP contribution in [0.25, 0.3) is 11.1 Å². The Morgan fingerprint density at radius 2 is 1.26 bits per heavy atom. The van der Waals surface area contributed by atoms with Crippen LogP contribution in [-0.4, -0.2) is 6.61 Å². The fraction of sp³-hybridized carbons (Fsp3) is 0.333. The molecule has 0 fully saturated rings. The summed E-state index contributed by atoms with van der Waals surface area (Å²) in [5, 5.41) is 0. The molecule has 0 radical (unpaired) electrons. The Morgan fingerprint density at radius 1 is 0.789 bits per heavy atom. The van der Waals surface area contributed by atoms with Gasteiger partial charge in [-0.1, -0.05) is 62.7 Å². The van der Waals surface area contributed by atoms with Crippen molar-refractivity contribution in [2.45, 2.75) is 27.7 Å². The molecule has 0 aliphatic carbocycles. The van der Waals surface area contributed by atoms with E-state index in [1.54, 1.807) is 0 Å². The molecule has 0 bridgehead atoms. The van der Waals surface area contributed by atoms with Gasteiger partial charge in [-0.15, -0.1) is 0 Å². The minimum atomic E-state index is 0.190. The van der Waals surface area contributed by atoms with E-state index in [1.165, 1.54) is 16.7 Å². The maximum Gasteiger partial charge on any atom is 0.119 e. The first-order valence-corrected chi connectivity index (χ1v) is 6.74. The topological polar surface area (TPSA) is 9.23 Å². The number of benzene rings is 2. The van der Waals surface area contributed by atoms with E-state index in [1.807, 2.05) is 12.1 Å². The quantitative estimate of drug-likeness (QED) is 0.741. The average Bonchev–Trinajstić information content (AvgIpc) is 2.37. The largest absolute Gasteiger partial charge is 0.493 e. The van der Waals surface area contributed by atoms with Gasteiger partial charge in [0.25, 0.3) is 0 Å². The first-order chi connectivity index (χ1) is 8.94. The van der Waals surface area contributed by atoms with Gasteiger partial charge in [-0.05, 0) is 35.6 Å². The van der Waals surface area contributed by atoms with E-state index in [0.29, 0.717) is 0 Å². The van der Waals surface area contributed by atoms with Crippen molar-refractivity contribution in [3.63, 3.8) is 0 Å². The molecule has 0 aliphatic heterocycles. The highest BCUT2D eigenvalue weighted by molar-refractivity contribution is 5.64. The summed E-state index contributed by atoms with van der Waals surface area (Å²) in [5.41, 5.74) is 3.94. The Labute approximate surface area is 116 Å². The number of aryl methyl sites for hydroxylation is 1. The summed E-state index contributed by atoms with van der Waals surface area (Å²) >= 11 is 0. The summed E-state index contributed by atoms with van der Waals surface area (Å²) in [6.07, 6.45) is 0. The molecule has 100 valence electrons. The molecular weight excluding hydrogens is 232 g/mol. The van der Waals surface area contributed by atoms with Gasteiger partial charge in [0.05, 0.1) is 6.61 Å². The molecular formula is C18H22O. The predicted octanol–water partition coefficient (Wildman–Crippen LogP) is 5.09. The summed E-state index contributed by atoms with van der Waals surface area (Å²) in [4.78, 5) is 0. The number of hydrogen-bond donors (Lipinski definition) is 0. The van der Waals surface area contributed by atoms with Gasteiger partial charge in [0.2, 0.25) is 0 Å². The van der Waals surface area contributed by atoms with Crippen LogP contribution in [-0.2, 0) is 0 Å². The second kappa shape index (κ2) is 5.48. The van der Waals surface area contributed by atoms with Gasteiger partial charge in [-0.3, -0.25) is 0 Å². The summed E-state index contributed by atoms with van der Waals surface area (Å²) in [6, 6.07) is 16.9. The van der Waals surface area contributed by atoms with Crippen LogP contribution in [0.2, 0.25) is 0 Å². The lowest BCUT2D eigenvalue weighted by Gasteiger charge is -2.18. The van der Waals surface area contributed by atoms with Gasteiger partial charge in [-0.2, -0.15) is 0 Å². The maximum absolute atomic E-state index is 5.78. The highest BCUT2D eigenvalue weighted by Crippen LogP contribution is 2.24. The van der Waals surface area contributed by atoms with Gasteiger partial charge < -0.3 is 4.74 Å². The van der Waals surface area contributed by atoms with E-state index in [2.05, 4.69) is 64.1 Å². The van der Waals surface area contributed by atoms with Gasteiger partial charge in [-0.25, -0.2) is 0 Å². The molecule has 0 atom stereocenters. The summed E-state index contributed by atoms with van der Waals surface area (Å²) in [7, 11) is 0. The highest BCUT2D eigenvalue weighted by Gasteiger charge is 2.10. The van der Waals surface area contributed by atoms with Crippen molar-refractivity contribution in [3.8, 4) is 16.9 Å². The fourth-order valence-electron chi connectivity index (χ4n) is 1.79. The van der Waals surface area contributed by atoms with Crippen molar-refractivity contribution in [1.29, 1.82) is 0 Å². The highest BCUT2D eigenvalue weighted by atomic mass is 16.5. The Kier molecular flexibility index (Phi) is 3.94. The van der Waals surface area contributed by atoms with Gasteiger partial charge >= 0.3 is 0 Å². The molecule has 1 nitrogen and oxygen atoms in total. The van der Waals surface area contributed by atoms with Gasteiger partial charge in [0.1, 0.15) is 5.75 Å². The minimum absolute atomic E-state index is 0.190. The van der Waals surface area contributed by atoms with Crippen molar-refractivity contribution in [2.75, 3.05) is 6.61 Å². The molecule has 2 aromatic carbocycles. The molecule has 0 aliphatic rings. The van der Waals surface area contributed by atoms with E-state index >= 15 is 0 Å². The Bertz CT molecular complexity index is 515.